The Kier molecular flexibility index (Phi) is 16.0. The van der Waals surface area contributed by atoms with E-state index in [1.165, 1.54) is 6.92 Å². The highest BCUT2D eigenvalue weighted by Crippen LogP contribution is 2.08. The van der Waals surface area contributed by atoms with Gasteiger partial charge in [-0.25, -0.2) is 4.79 Å². The number of rotatable bonds is 18. The third kappa shape index (κ3) is 13.8. The molecule has 0 aromatic carbocycles. The number of unbranched alkanes of at least 4 members (excludes halogenated alkanes) is 1. The van der Waals surface area contributed by atoms with Gasteiger partial charge in [0.15, 0.2) is 5.96 Å². The fourth-order valence-electron chi connectivity index (χ4n) is 3.30. The minimum Gasteiger partial charge on any atom is -0.480 e. The summed E-state index contributed by atoms with van der Waals surface area (Å²) in [7, 11) is 0. The number of aliphatic hydroxyl groups excluding tert-OH is 1. The van der Waals surface area contributed by atoms with Gasteiger partial charge in [-0.3, -0.25) is 19.4 Å². The van der Waals surface area contributed by atoms with Gasteiger partial charge in [0.25, 0.3) is 0 Å². The van der Waals surface area contributed by atoms with Crippen molar-refractivity contribution in [3.8, 4) is 0 Å². The van der Waals surface area contributed by atoms with E-state index >= 15 is 0 Å². The van der Waals surface area contributed by atoms with Crippen molar-refractivity contribution < 1.29 is 29.4 Å². The number of guanidine groups is 1. The zero-order valence-electron chi connectivity index (χ0n) is 21.4. The van der Waals surface area contributed by atoms with Crippen LogP contribution in [0.1, 0.15) is 59.3 Å². The summed E-state index contributed by atoms with van der Waals surface area (Å²) in [6.07, 6.45) is 0.846. The SMILES string of the molecule is CC(C)CC(NC(=O)C(N)CCCN=C(N)N)C(=O)NC(C(=O)NC(CCCCN)C(=O)O)C(C)O. The molecule has 14 nitrogen and oxygen atoms in total. The maximum absolute atomic E-state index is 13.0. The molecule has 0 rings (SSSR count). The number of aliphatic imine (C=N–C) groups is 1. The van der Waals surface area contributed by atoms with E-state index in [-0.39, 0.29) is 31.1 Å². The highest BCUT2D eigenvalue weighted by molar-refractivity contribution is 5.94. The molecule has 5 atom stereocenters. The number of nitrogens with zero attached hydrogens (tertiary/aromatic N) is 1. The Morgan fingerprint density at radius 1 is 0.861 bits per heavy atom. The van der Waals surface area contributed by atoms with Crippen molar-refractivity contribution in [1.29, 1.82) is 0 Å². The topological polar surface area (TPSA) is 261 Å². The summed E-state index contributed by atoms with van der Waals surface area (Å²) >= 11 is 0. The van der Waals surface area contributed by atoms with Crippen molar-refractivity contribution >= 4 is 29.7 Å². The molecule has 0 spiro atoms. The number of hydrogen-bond donors (Lipinski definition) is 9. The van der Waals surface area contributed by atoms with Crippen molar-refractivity contribution in [3.63, 3.8) is 0 Å². The molecule has 208 valence electrons. The molecule has 3 amide bonds. The summed E-state index contributed by atoms with van der Waals surface area (Å²) in [5.41, 5.74) is 21.9. The molecule has 0 fully saturated rings. The standard InChI is InChI=1S/C22H44N8O6/c1-12(2)11-16(29-18(32)14(24)7-6-10-27-22(25)26)19(33)30-17(13(3)31)20(34)28-15(21(35)36)8-4-5-9-23/h12-17,31H,4-11,23-24H2,1-3H3,(H,28,34)(H,29,32)(H,30,33)(H,35,36)(H4,25,26,27). The van der Waals surface area contributed by atoms with Gasteiger partial charge in [0.1, 0.15) is 18.1 Å². The quantitative estimate of drug-likeness (QED) is 0.0523. The maximum atomic E-state index is 13.0. The van der Waals surface area contributed by atoms with Gasteiger partial charge in [-0.15, -0.1) is 0 Å². The molecule has 0 aromatic rings. The fraction of sp³-hybridized carbons (Fsp3) is 0.773. The second-order valence-electron chi connectivity index (χ2n) is 9.16. The third-order valence-corrected chi connectivity index (χ3v) is 5.27. The monoisotopic (exact) mass is 516 g/mol. The Bertz CT molecular complexity index is 742. The van der Waals surface area contributed by atoms with Gasteiger partial charge in [0.05, 0.1) is 12.1 Å². The molecular weight excluding hydrogens is 472 g/mol. The summed E-state index contributed by atoms with van der Waals surface area (Å²) < 4.78 is 0. The predicted octanol–water partition coefficient (Wildman–Crippen LogP) is -2.54. The van der Waals surface area contributed by atoms with Crippen molar-refractivity contribution in [2.24, 2.45) is 33.8 Å². The second kappa shape index (κ2) is 17.5. The molecule has 5 unspecified atom stereocenters. The van der Waals surface area contributed by atoms with E-state index in [9.17, 15) is 29.4 Å². The number of nitrogens with one attached hydrogen (secondary N) is 3. The summed E-state index contributed by atoms with van der Waals surface area (Å²) in [6, 6.07) is -4.59. The van der Waals surface area contributed by atoms with Crippen LogP contribution in [0.2, 0.25) is 0 Å². The van der Waals surface area contributed by atoms with Crippen LogP contribution >= 0.6 is 0 Å². The first kappa shape index (κ1) is 33.0. The van der Waals surface area contributed by atoms with Crippen LogP contribution in [0.25, 0.3) is 0 Å². The molecule has 0 aliphatic heterocycles. The van der Waals surface area contributed by atoms with Gasteiger partial charge in [-0.2, -0.15) is 0 Å². The molecule has 13 N–H and O–H groups in total. The van der Waals surface area contributed by atoms with E-state index in [1.807, 2.05) is 13.8 Å². The number of carboxylic acids is 1. The van der Waals surface area contributed by atoms with Crippen LogP contribution in [0.15, 0.2) is 4.99 Å². The minimum absolute atomic E-state index is 0.00287. The highest BCUT2D eigenvalue weighted by Gasteiger charge is 2.32. The first-order valence-electron chi connectivity index (χ1n) is 12.1. The van der Waals surface area contributed by atoms with Crippen molar-refractivity contribution in [2.45, 2.75) is 89.6 Å². The van der Waals surface area contributed by atoms with Crippen LogP contribution < -0.4 is 38.9 Å². The number of carboxylic acid groups (broad SMARTS) is 1. The number of aliphatic carboxylic acids is 1. The normalized spacial score (nSPS) is 15.2. The average molecular weight is 517 g/mol. The fourth-order valence-corrected chi connectivity index (χ4v) is 3.30. The van der Waals surface area contributed by atoms with Crippen LogP contribution in [0.3, 0.4) is 0 Å². The Labute approximate surface area is 212 Å². The number of aliphatic hydroxyl groups is 1. The Balaban J connectivity index is 5.29. The van der Waals surface area contributed by atoms with Crippen molar-refractivity contribution in [1.82, 2.24) is 16.0 Å². The first-order chi connectivity index (χ1) is 16.8. The summed E-state index contributed by atoms with van der Waals surface area (Å²) in [4.78, 5) is 53.6. The predicted molar refractivity (Wildman–Crippen MR) is 135 cm³/mol. The third-order valence-electron chi connectivity index (χ3n) is 5.27. The Morgan fingerprint density at radius 3 is 1.97 bits per heavy atom. The van der Waals surface area contributed by atoms with E-state index in [2.05, 4.69) is 20.9 Å². The Morgan fingerprint density at radius 2 is 1.47 bits per heavy atom. The lowest BCUT2D eigenvalue weighted by Gasteiger charge is -2.27. The zero-order chi connectivity index (χ0) is 27.8. The zero-order valence-corrected chi connectivity index (χ0v) is 21.4. The van der Waals surface area contributed by atoms with E-state index in [0.29, 0.717) is 32.4 Å². The smallest absolute Gasteiger partial charge is 0.326 e. The van der Waals surface area contributed by atoms with Gasteiger partial charge in [0, 0.05) is 6.54 Å². The molecule has 0 radical (unpaired) electrons. The van der Waals surface area contributed by atoms with Crippen LogP contribution in [0.4, 0.5) is 0 Å². The molecule has 0 aliphatic rings. The molecule has 14 heteroatoms. The van der Waals surface area contributed by atoms with E-state index in [0.717, 1.165) is 0 Å². The number of carbonyl (C=O) groups is 4. The number of carbonyl (C=O) groups excluding carboxylic acids is 3. The van der Waals surface area contributed by atoms with Gasteiger partial charge in [-0.1, -0.05) is 13.8 Å². The van der Waals surface area contributed by atoms with Crippen LogP contribution in [-0.4, -0.2) is 83.2 Å². The molecule has 0 heterocycles. The van der Waals surface area contributed by atoms with Gasteiger partial charge >= 0.3 is 5.97 Å². The number of amides is 3. The van der Waals surface area contributed by atoms with E-state index < -0.39 is 54.0 Å². The van der Waals surface area contributed by atoms with Crippen LogP contribution in [0.5, 0.6) is 0 Å². The van der Waals surface area contributed by atoms with Crippen molar-refractivity contribution in [2.75, 3.05) is 13.1 Å². The van der Waals surface area contributed by atoms with Gasteiger partial charge in [0.2, 0.25) is 17.7 Å². The minimum atomic E-state index is -1.44. The summed E-state index contributed by atoms with van der Waals surface area (Å²) in [5.74, 6) is -3.44. The number of hydrogen-bond acceptors (Lipinski definition) is 8. The molecule has 0 aliphatic carbocycles. The molecule has 0 bridgehead atoms. The van der Waals surface area contributed by atoms with Crippen LogP contribution in [0, 0.1) is 5.92 Å². The van der Waals surface area contributed by atoms with E-state index in [4.69, 9.17) is 22.9 Å². The lowest BCUT2D eigenvalue weighted by Crippen LogP contribution is -2.60. The van der Waals surface area contributed by atoms with Gasteiger partial charge < -0.3 is 49.1 Å². The largest absolute Gasteiger partial charge is 0.480 e. The first-order valence-corrected chi connectivity index (χ1v) is 12.1. The second-order valence-corrected chi connectivity index (χ2v) is 9.16. The van der Waals surface area contributed by atoms with Crippen molar-refractivity contribution in [3.05, 3.63) is 0 Å². The summed E-state index contributed by atoms with van der Waals surface area (Å²) in [6.45, 7) is 5.67. The van der Waals surface area contributed by atoms with Gasteiger partial charge in [-0.05, 0) is 57.9 Å². The Hall–Kier alpha value is -2.97. The lowest BCUT2D eigenvalue weighted by atomic mass is 10.0. The molecule has 0 saturated carbocycles. The molecule has 36 heavy (non-hydrogen) atoms. The highest BCUT2D eigenvalue weighted by atomic mass is 16.4. The average Bonchev–Trinajstić information content (AvgIpc) is 2.77. The molecule has 0 saturated heterocycles. The summed E-state index contributed by atoms with van der Waals surface area (Å²) in [5, 5.41) is 26.9. The number of nitrogens with two attached hydrogens (primary N) is 4. The van der Waals surface area contributed by atoms with Crippen LogP contribution in [-0.2, 0) is 19.2 Å². The molecule has 0 aromatic heterocycles. The lowest BCUT2D eigenvalue weighted by molar-refractivity contribution is -0.143. The molecular formula is C22H44N8O6. The maximum Gasteiger partial charge on any atom is 0.326 e. The van der Waals surface area contributed by atoms with E-state index in [1.54, 1.807) is 0 Å².